The molecule has 1 aliphatic heterocycles. The first kappa shape index (κ1) is 20.4. The van der Waals surface area contributed by atoms with E-state index in [-0.39, 0.29) is 29.8 Å². The van der Waals surface area contributed by atoms with Gasteiger partial charge in [0, 0.05) is 25.6 Å². The summed E-state index contributed by atoms with van der Waals surface area (Å²) < 4.78 is 26.5. The first-order valence-electron chi connectivity index (χ1n) is 8.82. The number of hydrogen-bond acceptors (Lipinski definition) is 4. The number of rotatable bonds is 8. The molecule has 1 amide bonds. The average molecular weight is 382 g/mol. The molecular formula is C18H26N2O5S. The van der Waals surface area contributed by atoms with Gasteiger partial charge in [-0.15, -0.1) is 0 Å². The predicted octanol–water partition coefficient (Wildman–Crippen LogP) is 1.73. The van der Waals surface area contributed by atoms with Crippen molar-refractivity contribution in [3.05, 3.63) is 29.8 Å². The number of carbonyl (C=O) groups excluding carboxylic acids is 1. The average Bonchev–Trinajstić information content (AvgIpc) is 3.13. The Hall–Kier alpha value is -1.93. The topological polar surface area (TPSA) is 95.0 Å². The molecule has 1 N–H and O–H groups in total. The van der Waals surface area contributed by atoms with E-state index in [4.69, 9.17) is 5.11 Å². The van der Waals surface area contributed by atoms with Crippen molar-refractivity contribution in [1.29, 1.82) is 0 Å². The molecule has 144 valence electrons. The van der Waals surface area contributed by atoms with Gasteiger partial charge >= 0.3 is 5.97 Å². The summed E-state index contributed by atoms with van der Waals surface area (Å²) in [7, 11) is -3.43. The molecule has 2 rings (SSSR count). The van der Waals surface area contributed by atoms with Crippen LogP contribution in [-0.4, -0.2) is 60.3 Å². The van der Waals surface area contributed by atoms with Gasteiger partial charge in [-0.2, -0.15) is 4.31 Å². The molecular weight excluding hydrogens is 356 g/mol. The van der Waals surface area contributed by atoms with Gasteiger partial charge < -0.3 is 10.0 Å². The first-order valence-corrected chi connectivity index (χ1v) is 10.3. The maximum absolute atomic E-state index is 12.5. The van der Waals surface area contributed by atoms with E-state index in [1.807, 2.05) is 0 Å². The van der Waals surface area contributed by atoms with E-state index in [9.17, 15) is 18.0 Å². The number of aryl methyl sites for hydroxylation is 1. The molecule has 1 heterocycles. The number of carboxylic acids is 1. The zero-order chi connectivity index (χ0) is 19.3. The maximum atomic E-state index is 12.5. The van der Waals surface area contributed by atoms with Crippen LogP contribution in [0.3, 0.4) is 0 Å². The Labute approximate surface area is 154 Å². The molecule has 0 aromatic heterocycles. The van der Waals surface area contributed by atoms with Crippen molar-refractivity contribution in [2.45, 2.75) is 50.5 Å². The van der Waals surface area contributed by atoms with E-state index in [0.29, 0.717) is 19.5 Å². The molecule has 0 bridgehead atoms. The number of amides is 1. The normalized spacial score (nSPS) is 15.3. The number of hydrogen-bond donors (Lipinski definition) is 1. The fourth-order valence-electron chi connectivity index (χ4n) is 3.00. The Morgan fingerprint density at radius 1 is 1.15 bits per heavy atom. The zero-order valence-corrected chi connectivity index (χ0v) is 16.0. The Morgan fingerprint density at radius 3 is 2.23 bits per heavy atom. The van der Waals surface area contributed by atoms with Gasteiger partial charge in [-0.3, -0.25) is 9.59 Å². The third-order valence-corrected chi connectivity index (χ3v) is 6.42. The lowest BCUT2D eigenvalue weighted by Gasteiger charge is -2.24. The smallest absolute Gasteiger partial charge is 0.323 e. The summed E-state index contributed by atoms with van der Waals surface area (Å²) in [5, 5.41) is 8.91. The third-order valence-electron chi connectivity index (χ3n) is 4.50. The summed E-state index contributed by atoms with van der Waals surface area (Å²) in [6.45, 7) is 4.36. The number of carboxylic acid groups (broad SMARTS) is 1. The lowest BCUT2D eigenvalue weighted by Crippen LogP contribution is -2.40. The Bertz CT molecular complexity index is 737. The fourth-order valence-corrected chi connectivity index (χ4v) is 4.52. The number of carbonyl (C=O) groups is 2. The van der Waals surface area contributed by atoms with Gasteiger partial charge in [0.25, 0.3) is 0 Å². The van der Waals surface area contributed by atoms with Gasteiger partial charge in [-0.25, -0.2) is 8.42 Å². The second-order valence-electron chi connectivity index (χ2n) is 6.76. The van der Waals surface area contributed by atoms with Crippen LogP contribution in [0.2, 0.25) is 0 Å². The van der Waals surface area contributed by atoms with E-state index in [0.717, 1.165) is 18.4 Å². The van der Waals surface area contributed by atoms with Crippen molar-refractivity contribution < 1.29 is 23.1 Å². The molecule has 1 fully saturated rings. The summed E-state index contributed by atoms with van der Waals surface area (Å²) in [5.74, 6) is -1.26. The minimum atomic E-state index is -3.43. The maximum Gasteiger partial charge on any atom is 0.323 e. The molecule has 0 aliphatic carbocycles. The molecule has 0 radical (unpaired) electrons. The standard InChI is InChI=1S/C18H26N2O5S/c1-14(2)20(13-18(22)23)17(21)10-7-15-5-8-16(9-6-15)26(24,25)19-11-3-4-12-19/h5-6,8-9,14H,3-4,7,10-13H2,1-2H3,(H,22,23). The van der Waals surface area contributed by atoms with Crippen LogP contribution in [0.15, 0.2) is 29.2 Å². The number of aliphatic carboxylic acids is 1. The van der Waals surface area contributed by atoms with Crippen LogP contribution < -0.4 is 0 Å². The highest BCUT2D eigenvalue weighted by Crippen LogP contribution is 2.21. The van der Waals surface area contributed by atoms with Crippen LogP contribution in [0.4, 0.5) is 0 Å². The molecule has 0 atom stereocenters. The van der Waals surface area contributed by atoms with Crippen LogP contribution in [0.25, 0.3) is 0 Å². The highest BCUT2D eigenvalue weighted by Gasteiger charge is 2.27. The van der Waals surface area contributed by atoms with Gasteiger partial charge in [-0.1, -0.05) is 12.1 Å². The molecule has 1 saturated heterocycles. The molecule has 26 heavy (non-hydrogen) atoms. The molecule has 0 saturated carbocycles. The highest BCUT2D eigenvalue weighted by molar-refractivity contribution is 7.89. The van der Waals surface area contributed by atoms with Gasteiger partial charge in [-0.05, 0) is 50.8 Å². The summed E-state index contributed by atoms with van der Waals surface area (Å²) >= 11 is 0. The molecule has 1 aliphatic rings. The number of sulfonamides is 1. The minimum absolute atomic E-state index is 0.184. The van der Waals surface area contributed by atoms with E-state index < -0.39 is 16.0 Å². The van der Waals surface area contributed by atoms with E-state index >= 15 is 0 Å². The molecule has 0 spiro atoms. The van der Waals surface area contributed by atoms with Crippen LogP contribution >= 0.6 is 0 Å². The second-order valence-corrected chi connectivity index (χ2v) is 8.70. The van der Waals surface area contributed by atoms with Crippen molar-refractivity contribution in [3.8, 4) is 0 Å². The quantitative estimate of drug-likeness (QED) is 0.739. The molecule has 0 unspecified atom stereocenters. The monoisotopic (exact) mass is 382 g/mol. The number of nitrogens with zero attached hydrogens (tertiary/aromatic N) is 2. The summed E-state index contributed by atoms with van der Waals surface area (Å²) in [4.78, 5) is 24.7. The Balaban J connectivity index is 1.98. The Morgan fingerprint density at radius 2 is 1.73 bits per heavy atom. The lowest BCUT2D eigenvalue weighted by molar-refractivity contribution is -0.145. The van der Waals surface area contributed by atoms with Crippen LogP contribution in [0.1, 0.15) is 38.7 Å². The van der Waals surface area contributed by atoms with Gasteiger partial charge in [0.15, 0.2) is 0 Å². The fraction of sp³-hybridized carbons (Fsp3) is 0.556. The van der Waals surface area contributed by atoms with Crippen molar-refractivity contribution in [2.24, 2.45) is 0 Å². The Kier molecular flexibility index (Phi) is 6.77. The SMILES string of the molecule is CC(C)N(CC(=O)O)C(=O)CCc1ccc(S(=O)(=O)N2CCCC2)cc1. The second kappa shape index (κ2) is 8.64. The molecule has 1 aromatic carbocycles. The predicted molar refractivity (Wildman–Crippen MR) is 97.2 cm³/mol. The first-order chi connectivity index (χ1) is 12.2. The van der Waals surface area contributed by atoms with Gasteiger partial charge in [0.2, 0.25) is 15.9 Å². The zero-order valence-electron chi connectivity index (χ0n) is 15.2. The van der Waals surface area contributed by atoms with Crippen LogP contribution in [0, 0.1) is 0 Å². The van der Waals surface area contributed by atoms with E-state index in [1.54, 1.807) is 38.1 Å². The lowest BCUT2D eigenvalue weighted by atomic mass is 10.1. The summed E-state index contributed by atoms with van der Waals surface area (Å²) in [6.07, 6.45) is 2.40. The van der Waals surface area contributed by atoms with Crippen molar-refractivity contribution >= 4 is 21.9 Å². The number of benzene rings is 1. The van der Waals surface area contributed by atoms with Crippen LogP contribution in [0.5, 0.6) is 0 Å². The summed E-state index contributed by atoms with van der Waals surface area (Å²) in [6, 6.07) is 6.39. The minimum Gasteiger partial charge on any atom is -0.480 e. The highest BCUT2D eigenvalue weighted by atomic mass is 32.2. The van der Waals surface area contributed by atoms with E-state index in [1.165, 1.54) is 9.21 Å². The van der Waals surface area contributed by atoms with Gasteiger partial charge in [0.1, 0.15) is 6.54 Å². The molecule has 8 heteroatoms. The van der Waals surface area contributed by atoms with Crippen LogP contribution in [-0.2, 0) is 26.0 Å². The largest absolute Gasteiger partial charge is 0.480 e. The molecule has 7 nitrogen and oxygen atoms in total. The third kappa shape index (κ3) is 5.04. The van der Waals surface area contributed by atoms with Crippen molar-refractivity contribution in [3.63, 3.8) is 0 Å². The van der Waals surface area contributed by atoms with Crippen molar-refractivity contribution in [2.75, 3.05) is 19.6 Å². The summed E-state index contributed by atoms with van der Waals surface area (Å²) in [5.41, 5.74) is 0.845. The molecule has 1 aromatic rings. The van der Waals surface area contributed by atoms with E-state index in [2.05, 4.69) is 0 Å². The van der Waals surface area contributed by atoms with Gasteiger partial charge in [0.05, 0.1) is 4.90 Å². The van der Waals surface area contributed by atoms with Crippen molar-refractivity contribution in [1.82, 2.24) is 9.21 Å².